The average molecular weight is 383 g/mol. The van der Waals surface area contributed by atoms with Crippen molar-refractivity contribution in [1.29, 1.82) is 0 Å². The Morgan fingerprint density at radius 2 is 1.64 bits per heavy atom. The number of rotatable bonds is 8. The molecule has 0 spiro atoms. The van der Waals surface area contributed by atoms with Gasteiger partial charge in [-0.05, 0) is 36.3 Å². The number of hydrogen-bond acceptors (Lipinski definition) is 5. The zero-order chi connectivity index (χ0) is 20.5. The molecule has 0 saturated carbocycles. The molecule has 2 rings (SSSR count). The van der Waals surface area contributed by atoms with E-state index in [2.05, 4.69) is 0 Å². The molecule has 28 heavy (non-hydrogen) atoms. The van der Waals surface area contributed by atoms with E-state index in [4.69, 9.17) is 14.2 Å². The second kappa shape index (κ2) is 10.2. The maximum absolute atomic E-state index is 12.3. The van der Waals surface area contributed by atoms with Gasteiger partial charge < -0.3 is 19.1 Å². The Labute approximate surface area is 165 Å². The third-order valence-corrected chi connectivity index (χ3v) is 4.38. The van der Waals surface area contributed by atoms with Gasteiger partial charge in [-0.1, -0.05) is 30.3 Å². The van der Waals surface area contributed by atoms with Gasteiger partial charge in [0, 0.05) is 19.2 Å². The van der Waals surface area contributed by atoms with Crippen molar-refractivity contribution in [3.63, 3.8) is 0 Å². The average Bonchev–Trinajstić information content (AvgIpc) is 2.75. The highest BCUT2D eigenvalue weighted by atomic mass is 16.5. The van der Waals surface area contributed by atoms with E-state index in [0.29, 0.717) is 17.1 Å². The topological polar surface area (TPSA) is 65.1 Å². The predicted octanol–water partition coefficient (Wildman–Crippen LogP) is 3.48. The van der Waals surface area contributed by atoms with Crippen LogP contribution in [0.3, 0.4) is 0 Å². The van der Waals surface area contributed by atoms with Crippen LogP contribution >= 0.6 is 0 Å². The number of nitrogens with zero attached hydrogens (tertiary/aromatic N) is 1. The van der Waals surface area contributed by atoms with Crippen molar-refractivity contribution in [3.8, 4) is 11.5 Å². The summed E-state index contributed by atoms with van der Waals surface area (Å²) in [5, 5.41) is 0. The van der Waals surface area contributed by atoms with Crippen LogP contribution in [-0.2, 0) is 14.3 Å². The predicted molar refractivity (Wildman–Crippen MR) is 107 cm³/mol. The number of carbonyl (C=O) groups excluding carboxylic acids is 2. The fourth-order valence-electron chi connectivity index (χ4n) is 2.54. The van der Waals surface area contributed by atoms with E-state index < -0.39 is 5.97 Å². The summed E-state index contributed by atoms with van der Waals surface area (Å²) in [6, 6.07) is 14.8. The lowest BCUT2D eigenvalue weighted by atomic mass is 10.1. The summed E-state index contributed by atoms with van der Waals surface area (Å²) >= 11 is 0. The lowest BCUT2D eigenvalue weighted by Gasteiger charge is -2.25. The molecular weight excluding hydrogens is 358 g/mol. The van der Waals surface area contributed by atoms with E-state index in [9.17, 15) is 9.59 Å². The van der Waals surface area contributed by atoms with Crippen LogP contribution in [0.2, 0.25) is 0 Å². The van der Waals surface area contributed by atoms with E-state index >= 15 is 0 Å². The first-order valence-corrected chi connectivity index (χ1v) is 8.83. The summed E-state index contributed by atoms with van der Waals surface area (Å²) in [5.74, 6) is 0.343. The zero-order valence-corrected chi connectivity index (χ0v) is 16.5. The van der Waals surface area contributed by atoms with Gasteiger partial charge in [0.05, 0.1) is 20.3 Å². The number of esters is 1. The van der Waals surface area contributed by atoms with E-state index in [0.717, 1.165) is 5.56 Å². The van der Waals surface area contributed by atoms with Gasteiger partial charge >= 0.3 is 5.97 Å². The molecule has 0 aliphatic rings. The SMILES string of the molecule is COc1cc(/C=C/C(=O)OCC(=O)N(C)[C@@H](C)c2ccccc2)cc(OC)c1. The molecule has 0 aromatic heterocycles. The molecule has 0 heterocycles. The van der Waals surface area contributed by atoms with Crippen LogP contribution in [-0.4, -0.2) is 44.7 Å². The van der Waals surface area contributed by atoms with E-state index in [1.807, 2.05) is 37.3 Å². The van der Waals surface area contributed by atoms with Crippen LogP contribution in [0.1, 0.15) is 24.1 Å². The number of amides is 1. The Kier molecular flexibility index (Phi) is 7.63. The first-order valence-electron chi connectivity index (χ1n) is 8.83. The third kappa shape index (κ3) is 5.87. The molecule has 0 bridgehead atoms. The molecule has 0 saturated heterocycles. The van der Waals surface area contributed by atoms with E-state index in [-0.39, 0.29) is 18.6 Å². The van der Waals surface area contributed by atoms with Crippen LogP contribution in [0.5, 0.6) is 11.5 Å². The molecule has 0 radical (unpaired) electrons. The van der Waals surface area contributed by atoms with Crippen LogP contribution < -0.4 is 9.47 Å². The molecule has 2 aromatic carbocycles. The maximum Gasteiger partial charge on any atom is 0.331 e. The minimum absolute atomic E-state index is 0.118. The summed E-state index contributed by atoms with van der Waals surface area (Å²) in [5.41, 5.74) is 1.73. The highest BCUT2D eigenvalue weighted by Gasteiger charge is 2.18. The number of carbonyl (C=O) groups is 2. The van der Waals surface area contributed by atoms with Crippen molar-refractivity contribution >= 4 is 18.0 Å². The molecule has 2 aromatic rings. The van der Waals surface area contributed by atoms with Crippen molar-refractivity contribution in [3.05, 3.63) is 65.7 Å². The van der Waals surface area contributed by atoms with Crippen molar-refractivity contribution in [2.45, 2.75) is 13.0 Å². The summed E-state index contributed by atoms with van der Waals surface area (Å²) in [6.45, 7) is 1.60. The number of ether oxygens (including phenoxy) is 3. The Bertz CT molecular complexity index is 810. The molecular formula is C22H25NO5. The molecule has 0 aliphatic heterocycles. The first-order chi connectivity index (χ1) is 13.4. The second-order valence-electron chi connectivity index (χ2n) is 6.18. The van der Waals surface area contributed by atoms with Crippen LogP contribution in [0.4, 0.5) is 0 Å². The summed E-state index contributed by atoms with van der Waals surface area (Å²) in [7, 11) is 4.79. The molecule has 0 aliphatic carbocycles. The Morgan fingerprint density at radius 3 is 2.21 bits per heavy atom. The molecule has 148 valence electrons. The van der Waals surface area contributed by atoms with Gasteiger partial charge in [-0.25, -0.2) is 4.79 Å². The number of benzene rings is 2. The van der Waals surface area contributed by atoms with Gasteiger partial charge in [0.1, 0.15) is 11.5 Å². The highest BCUT2D eigenvalue weighted by molar-refractivity contribution is 5.89. The van der Waals surface area contributed by atoms with Crippen molar-refractivity contribution in [1.82, 2.24) is 4.90 Å². The monoisotopic (exact) mass is 383 g/mol. The number of methoxy groups -OCH3 is 2. The molecule has 1 atom stereocenters. The minimum Gasteiger partial charge on any atom is -0.497 e. The molecule has 0 fully saturated rings. The van der Waals surface area contributed by atoms with Gasteiger partial charge in [-0.15, -0.1) is 0 Å². The fourth-order valence-corrected chi connectivity index (χ4v) is 2.54. The quantitative estimate of drug-likeness (QED) is 0.516. The second-order valence-corrected chi connectivity index (χ2v) is 6.18. The summed E-state index contributed by atoms with van der Waals surface area (Å²) < 4.78 is 15.4. The first kappa shape index (κ1) is 21.0. The Balaban J connectivity index is 1.91. The zero-order valence-electron chi connectivity index (χ0n) is 16.5. The van der Waals surface area contributed by atoms with Gasteiger partial charge in [0.2, 0.25) is 0 Å². The van der Waals surface area contributed by atoms with Crippen LogP contribution in [0.15, 0.2) is 54.6 Å². The van der Waals surface area contributed by atoms with Gasteiger partial charge in [0.25, 0.3) is 5.91 Å². The Morgan fingerprint density at radius 1 is 1.04 bits per heavy atom. The van der Waals surface area contributed by atoms with Crippen molar-refractivity contribution in [2.24, 2.45) is 0 Å². The van der Waals surface area contributed by atoms with Gasteiger partial charge in [-0.2, -0.15) is 0 Å². The van der Waals surface area contributed by atoms with E-state index in [1.54, 1.807) is 50.4 Å². The van der Waals surface area contributed by atoms with Gasteiger partial charge in [-0.3, -0.25) is 4.79 Å². The Hall–Kier alpha value is -3.28. The molecule has 1 amide bonds. The third-order valence-electron chi connectivity index (χ3n) is 4.38. The van der Waals surface area contributed by atoms with Crippen molar-refractivity contribution < 1.29 is 23.8 Å². The largest absolute Gasteiger partial charge is 0.497 e. The highest BCUT2D eigenvalue weighted by Crippen LogP contribution is 2.23. The number of hydrogen-bond donors (Lipinski definition) is 0. The van der Waals surface area contributed by atoms with E-state index in [1.165, 1.54) is 6.08 Å². The molecule has 0 N–H and O–H groups in total. The smallest absolute Gasteiger partial charge is 0.331 e. The fraction of sp³-hybridized carbons (Fsp3) is 0.273. The summed E-state index contributed by atoms with van der Waals surface area (Å²) in [6.07, 6.45) is 2.84. The van der Waals surface area contributed by atoms with Crippen LogP contribution in [0, 0.1) is 0 Å². The lowest BCUT2D eigenvalue weighted by molar-refractivity contribution is -0.148. The van der Waals surface area contributed by atoms with Crippen LogP contribution in [0.25, 0.3) is 6.08 Å². The summed E-state index contributed by atoms with van der Waals surface area (Å²) in [4.78, 5) is 25.8. The van der Waals surface area contributed by atoms with Crippen molar-refractivity contribution in [2.75, 3.05) is 27.9 Å². The van der Waals surface area contributed by atoms with Gasteiger partial charge in [0.15, 0.2) is 6.61 Å². The minimum atomic E-state index is -0.601. The molecule has 6 heteroatoms. The lowest BCUT2D eigenvalue weighted by Crippen LogP contribution is -2.33. The normalized spacial score (nSPS) is 11.7. The number of likely N-dealkylation sites (N-methyl/N-ethyl adjacent to an activating group) is 1. The molecule has 6 nitrogen and oxygen atoms in total. The molecule has 0 unspecified atom stereocenters. The maximum atomic E-state index is 12.3. The standard InChI is InChI=1S/C22H25NO5/c1-16(18-8-6-5-7-9-18)23(2)21(24)15-28-22(25)11-10-17-12-19(26-3)14-20(13-17)27-4/h5-14,16H,15H2,1-4H3/b11-10+/t16-/m0/s1.